The Balaban J connectivity index is 1.77. The van der Waals surface area contributed by atoms with Gasteiger partial charge in [-0.25, -0.2) is 9.67 Å². The third-order valence-electron chi connectivity index (χ3n) is 3.22. The van der Waals surface area contributed by atoms with Gasteiger partial charge in [0.15, 0.2) is 0 Å². The molecule has 0 radical (unpaired) electrons. The second-order valence-electron chi connectivity index (χ2n) is 4.64. The minimum Gasteiger partial charge on any atom is -0.378 e. The minimum absolute atomic E-state index is 0.171. The van der Waals surface area contributed by atoms with Gasteiger partial charge >= 0.3 is 0 Å². The molecular weight excluding hydrogens is 294 g/mol. The third-order valence-corrected chi connectivity index (χ3v) is 3.41. The van der Waals surface area contributed by atoms with E-state index in [1.54, 1.807) is 12.3 Å². The summed E-state index contributed by atoms with van der Waals surface area (Å²) in [7, 11) is 0. The monoisotopic (exact) mass is 307 g/mol. The van der Waals surface area contributed by atoms with E-state index in [2.05, 4.69) is 20.0 Å². The first-order valence-electron chi connectivity index (χ1n) is 6.59. The zero-order valence-corrected chi connectivity index (χ0v) is 12.0. The number of ether oxygens (including phenoxy) is 1. The van der Waals surface area contributed by atoms with Gasteiger partial charge in [-0.3, -0.25) is 9.78 Å². The molecule has 0 saturated carbocycles. The Kier molecular flexibility index (Phi) is 4.12. The maximum absolute atomic E-state index is 12.1. The highest BCUT2D eigenvalue weighted by atomic mass is 35.5. The molecule has 1 aliphatic rings. The standard InChI is InChI=1S/C13H14ClN5O2/c14-12-8-15-10(6-16-12)9-19-13(20)5-11(7-17-19)18-1-3-21-4-2-18/h5-8H,1-4,9H2. The van der Waals surface area contributed by atoms with Crippen LogP contribution in [0.15, 0.2) is 29.5 Å². The van der Waals surface area contributed by atoms with Crippen LogP contribution in [-0.4, -0.2) is 46.1 Å². The van der Waals surface area contributed by atoms with Crippen LogP contribution in [0.4, 0.5) is 5.69 Å². The maximum Gasteiger partial charge on any atom is 0.269 e. The molecule has 21 heavy (non-hydrogen) atoms. The lowest BCUT2D eigenvalue weighted by molar-refractivity contribution is 0.122. The van der Waals surface area contributed by atoms with Crippen molar-refractivity contribution < 1.29 is 4.74 Å². The molecule has 0 spiro atoms. The first-order valence-corrected chi connectivity index (χ1v) is 6.96. The molecule has 0 aromatic carbocycles. The third kappa shape index (κ3) is 3.37. The van der Waals surface area contributed by atoms with Crippen molar-refractivity contribution in [1.82, 2.24) is 19.7 Å². The van der Waals surface area contributed by atoms with E-state index in [0.29, 0.717) is 24.1 Å². The summed E-state index contributed by atoms with van der Waals surface area (Å²) in [6.07, 6.45) is 4.67. The van der Waals surface area contributed by atoms with Gasteiger partial charge in [0.2, 0.25) is 0 Å². The Labute approximate surface area is 126 Å². The predicted molar refractivity (Wildman–Crippen MR) is 77.7 cm³/mol. The summed E-state index contributed by atoms with van der Waals surface area (Å²) in [5, 5.41) is 4.51. The van der Waals surface area contributed by atoms with Crippen molar-refractivity contribution in [2.45, 2.75) is 6.54 Å². The highest BCUT2D eigenvalue weighted by molar-refractivity contribution is 6.29. The molecule has 110 valence electrons. The van der Waals surface area contributed by atoms with Gasteiger partial charge in [-0.2, -0.15) is 5.10 Å². The van der Waals surface area contributed by atoms with Crippen LogP contribution in [0.3, 0.4) is 0 Å². The van der Waals surface area contributed by atoms with Crippen LogP contribution < -0.4 is 10.5 Å². The van der Waals surface area contributed by atoms with E-state index < -0.39 is 0 Å². The van der Waals surface area contributed by atoms with Crippen molar-refractivity contribution in [3.63, 3.8) is 0 Å². The smallest absolute Gasteiger partial charge is 0.269 e. The average molecular weight is 308 g/mol. The Bertz CT molecular complexity index is 667. The van der Waals surface area contributed by atoms with Crippen molar-refractivity contribution in [1.29, 1.82) is 0 Å². The van der Waals surface area contributed by atoms with Crippen LogP contribution in [0.1, 0.15) is 5.69 Å². The van der Waals surface area contributed by atoms with E-state index in [0.717, 1.165) is 18.8 Å². The number of nitrogens with zero attached hydrogens (tertiary/aromatic N) is 5. The number of hydrogen-bond acceptors (Lipinski definition) is 6. The first-order chi connectivity index (χ1) is 10.2. The molecule has 0 atom stereocenters. The molecule has 8 heteroatoms. The fourth-order valence-corrected chi connectivity index (χ4v) is 2.21. The number of aromatic nitrogens is 4. The summed E-state index contributed by atoms with van der Waals surface area (Å²) in [6.45, 7) is 3.15. The predicted octanol–water partition coefficient (Wildman–Crippen LogP) is 0.572. The lowest BCUT2D eigenvalue weighted by Crippen LogP contribution is -2.37. The van der Waals surface area contributed by atoms with E-state index in [1.807, 2.05) is 0 Å². The number of halogens is 1. The number of morpholine rings is 1. The van der Waals surface area contributed by atoms with Gasteiger partial charge in [-0.1, -0.05) is 11.6 Å². The molecule has 7 nitrogen and oxygen atoms in total. The van der Waals surface area contributed by atoms with Gasteiger partial charge in [0.05, 0.1) is 49.7 Å². The summed E-state index contributed by atoms with van der Waals surface area (Å²) >= 11 is 5.68. The summed E-state index contributed by atoms with van der Waals surface area (Å²) < 4.78 is 6.64. The van der Waals surface area contributed by atoms with Gasteiger partial charge in [0.25, 0.3) is 5.56 Å². The Hall–Kier alpha value is -1.99. The largest absolute Gasteiger partial charge is 0.378 e. The fourth-order valence-electron chi connectivity index (χ4n) is 2.11. The molecule has 0 amide bonds. The van der Waals surface area contributed by atoms with Gasteiger partial charge in [-0.15, -0.1) is 0 Å². The lowest BCUT2D eigenvalue weighted by atomic mass is 10.3. The second-order valence-corrected chi connectivity index (χ2v) is 5.03. The van der Waals surface area contributed by atoms with Gasteiger partial charge in [-0.05, 0) is 0 Å². The van der Waals surface area contributed by atoms with E-state index in [-0.39, 0.29) is 12.1 Å². The molecule has 0 bridgehead atoms. The summed E-state index contributed by atoms with van der Waals surface area (Å²) in [5.41, 5.74) is 1.28. The number of hydrogen-bond donors (Lipinski definition) is 0. The summed E-state index contributed by atoms with van der Waals surface area (Å²) in [6, 6.07) is 1.58. The minimum atomic E-state index is -0.171. The number of anilines is 1. The zero-order chi connectivity index (χ0) is 14.7. The number of rotatable bonds is 3. The Morgan fingerprint density at radius 2 is 2.00 bits per heavy atom. The first kappa shape index (κ1) is 14.0. The molecule has 2 aromatic rings. The van der Waals surface area contributed by atoms with Gasteiger partial charge in [0, 0.05) is 19.2 Å². The van der Waals surface area contributed by atoms with Crippen molar-refractivity contribution in [2.24, 2.45) is 0 Å². The second kappa shape index (κ2) is 6.19. The quantitative estimate of drug-likeness (QED) is 0.825. The average Bonchev–Trinajstić information content (AvgIpc) is 2.52. The molecule has 1 aliphatic heterocycles. The molecular formula is C13H14ClN5O2. The molecule has 0 unspecified atom stereocenters. The van der Waals surface area contributed by atoms with Crippen molar-refractivity contribution in [3.8, 4) is 0 Å². The van der Waals surface area contributed by atoms with Crippen LogP contribution in [0, 0.1) is 0 Å². The van der Waals surface area contributed by atoms with Crippen LogP contribution in [0.2, 0.25) is 5.15 Å². The van der Waals surface area contributed by atoms with Crippen molar-refractivity contribution >= 4 is 17.3 Å². The van der Waals surface area contributed by atoms with Crippen LogP contribution >= 0.6 is 11.6 Å². The van der Waals surface area contributed by atoms with Crippen molar-refractivity contribution in [2.75, 3.05) is 31.2 Å². The van der Waals surface area contributed by atoms with E-state index in [9.17, 15) is 4.79 Å². The molecule has 2 aromatic heterocycles. The van der Waals surface area contributed by atoms with E-state index in [4.69, 9.17) is 16.3 Å². The molecule has 0 N–H and O–H groups in total. The van der Waals surface area contributed by atoms with Crippen molar-refractivity contribution in [3.05, 3.63) is 45.9 Å². The van der Waals surface area contributed by atoms with Crippen LogP contribution in [0.5, 0.6) is 0 Å². The topological polar surface area (TPSA) is 73.1 Å². The molecule has 1 saturated heterocycles. The normalized spacial score (nSPS) is 15.2. The summed E-state index contributed by atoms with van der Waals surface area (Å²) in [5.74, 6) is 0. The van der Waals surface area contributed by atoms with Gasteiger partial charge in [0.1, 0.15) is 5.15 Å². The van der Waals surface area contributed by atoms with Crippen LogP contribution in [0.25, 0.3) is 0 Å². The highest BCUT2D eigenvalue weighted by Crippen LogP contribution is 2.11. The maximum atomic E-state index is 12.1. The summed E-state index contributed by atoms with van der Waals surface area (Å²) in [4.78, 5) is 22.2. The highest BCUT2D eigenvalue weighted by Gasteiger charge is 2.13. The zero-order valence-electron chi connectivity index (χ0n) is 11.3. The Morgan fingerprint density at radius 1 is 1.19 bits per heavy atom. The molecule has 0 aliphatic carbocycles. The fraction of sp³-hybridized carbons (Fsp3) is 0.385. The molecule has 3 heterocycles. The lowest BCUT2D eigenvalue weighted by Gasteiger charge is -2.28. The van der Waals surface area contributed by atoms with Gasteiger partial charge < -0.3 is 9.64 Å². The Morgan fingerprint density at radius 3 is 2.67 bits per heavy atom. The molecule has 1 fully saturated rings. The van der Waals surface area contributed by atoms with Crippen LogP contribution in [-0.2, 0) is 11.3 Å². The SMILES string of the molecule is O=c1cc(N2CCOCC2)cnn1Cc1cnc(Cl)cn1. The molecule has 3 rings (SSSR count). The van der Waals surface area contributed by atoms with E-state index in [1.165, 1.54) is 17.1 Å². The van der Waals surface area contributed by atoms with E-state index >= 15 is 0 Å².